The van der Waals surface area contributed by atoms with Crippen LogP contribution in [0.2, 0.25) is 0 Å². The van der Waals surface area contributed by atoms with E-state index >= 15 is 0 Å². The van der Waals surface area contributed by atoms with Crippen LogP contribution in [0.4, 0.5) is 0 Å². The van der Waals surface area contributed by atoms with Crippen molar-refractivity contribution < 1.29 is 25.2 Å². The number of aryl methyl sites for hydroxylation is 2. The number of benzene rings is 2. The Kier molecular flexibility index (Phi) is 9.48. The fourth-order valence-corrected chi connectivity index (χ4v) is 4.68. The van der Waals surface area contributed by atoms with Crippen molar-refractivity contribution in [3.8, 4) is 0 Å². The fraction of sp³-hybridized carbons (Fsp3) is 0.455. The molecule has 0 saturated heterocycles. The van der Waals surface area contributed by atoms with Crippen LogP contribution in [0.25, 0.3) is 0 Å². The third kappa shape index (κ3) is 8.18. The summed E-state index contributed by atoms with van der Waals surface area (Å²) in [6.45, 7) is 4.11. The van der Waals surface area contributed by atoms with Gasteiger partial charge in [-0.05, 0) is 51.0 Å². The summed E-state index contributed by atoms with van der Waals surface area (Å²) >= 11 is 0. The molecule has 166 valence electrons. The zero-order chi connectivity index (χ0) is 22.0. The summed E-state index contributed by atoms with van der Waals surface area (Å²) in [5.41, 5.74) is 1.99. The lowest BCUT2D eigenvalue weighted by molar-refractivity contribution is 0.299. The summed E-state index contributed by atoms with van der Waals surface area (Å²) in [6.07, 6.45) is 4.88. The lowest BCUT2D eigenvalue weighted by Gasteiger charge is -2.07. The molecule has 0 heterocycles. The molecule has 2 aromatic carbocycles. The van der Waals surface area contributed by atoms with Crippen LogP contribution in [0.5, 0.6) is 0 Å². The molecule has 0 aliphatic carbocycles. The van der Waals surface area contributed by atoms with Gasteiger partial charge in [-0.2, -0.15) is 16.8 Å². The predicted octanol–water partition coefficient (Wildman–Crippen LogP) is 4.75. The van der Waals surface area contributed by atoms with Gasteiger partial charge in [-0.3, -0.25) is 8.37 Å². The van der Waals surface area contributed by atoms with Crippen LogP contribution in [-0.4, -0.2) is 30.0 Å². The standard InChI is InChI=1S/C22H30O6S2/c1-19-9-13-21(14-10-19)29(23,24)27-17-7-5-3-4-6-8-18-28-30(25,26)22-15-11-20(2)12-16-22/h9-16H,3-8,17-18H2,1-2H3. The molecule has 0 bridgehead atoms. The Morgan fingerprint density at radius 3 is 1.17 bits per heavy atom. The van der Waals surface area contributed by atoms with Gasteiger partial charge < -0.3 is 0 Å². The first kappa shape index (κ1) is 24.5. The molecule has 0 aliphatic rings. The smallest absolute Gasteiger partial charge is 0.266 e. The minimum Gasteiger partial charge on any atom is -0.266 e. The van der Waals surface area contributed by atoms with E-state index in [0.717, 1.165) is 36.8 Å². The van der Waals surface area contributed by atoms with Crippen LogP contribution in [-0.2, 0) is 28.6 Å². The number of unbranched alkanes of at least 4 members (excludes halogenated alkanes) is 5. The van der Waals surface area contributed by atoms with Crippen LogP contribution in [0.15, 0.2) is 58.3 Å². The molecule has 0 aromatic heterocycles. The molecule has 0 N–H and O–H groups in total. The van der Waals surface area contributed by atoms with Gasteiger partial charge in [0.2, 0.25) is 0 Å². The molecule has 0 aliphatic heterocycles. The predicted molar refractivity (Wildman–Crippen MR) is 116 cm³/mol. The summed E-state index contributed by atoms with van der Waals surface area (Å²) in [4.78, 5) is 0.349. The van der Waals surface area contributed by atoms with Crippen LogP contribution < -0.4 is 0 Å². The maximum absolute atomic E-state index is 12.1. The van der Waals surface area contributed by atoms with Crippen molar-refractivity contribution in [3.63, 3.8) is 0 Å². The molecular formula is C22H30O6S2. The lowest BCUT2D eigenvalue weighted by atomic mass is 10.1. The average molecular weight is 455 g/mol. The van der Waals surface area contributed by atoms with E-state index in [-0.39, 0.29) is 23.0 Å². The Hall–Kier alpha value is -1.74. The van der Waals surface area contributed by atoms with Gasteiger partial charge in [0.15, 0.2) is 0 Å². The van der Waals surface area contributed by atoms with E-state index < -0.39 is 20.2 Å². The van der Waals surface area contributed by atoms with Crippen molar-refractivity contribution in [2.45, 2.75) is 62.2 Å². The van der Waals surface area contributed by atoms with Crippen LogP contribution in [0, 0.1) is 13.8 Å². The van der Waals surface area contributed by atoms with Crippen LogP contribution in [0.3, 0.4) is 0 Å². The maximum atomic E-state index is 12.1. The third-order valence-electron chi connectivity index (χ3n) is 4.63. The SMILES string of the molecule is Cc1ccc(S(=O)(=O)OCCCCCCCCOS(=O)(=O)c2ccc(C)cc2)cc1. The van der Waals surface area contributed by atoms with E-state index in [4.69, 9.17) is 8.37 Å². The van der Waals surface area contributed by atoms with Crippen LogP contribution >= 0.6 is 0 Å². The van der Waals surface area contributed by atoms with Crippen molar-refractivity contribution in [3.05, 3.63) is 59.7 Å². The second-order valence-electron chi connectivity index (χ2n) is 7.30. The summed E-state index contributed by atoms with van der Waals surface area (Å²) < 4.78 is 58.4. The van der Waals surface area contributed by atoms with Gasteiger partial charge in [-0.15, -0.1) is 0 Å². The number of rotatable bonds is 13. The first-order chi connectivity index (χ1) is 14.2. The molecule has 0 atom stereocenters. The molecule has 0 unspecified atom stereocenters. The van der Waals surface area contributed by atoms with Gasteiger partial charge in [0, 0.05) is 0 Å². The van der Waals surface area contributed by atoms with E-state index in [1.54, 1.807) is 48.5 Å². The highest BCUT2D eigenvalue weighted by Crippen LogP contribution is 2.16. The molecule has 0 saturated carbocycles. The van der Waals surface area contributed by atoms with E-state index in [1.807, 2.05) is 13.8 Å². The van der Waals surface area contributed by atoms with E-state index in [9.17, 15) is 16.8 Å². The topological polar surface area (TPSA) is 86.7 Å². The molecule has 2 rings (SSSR count). The lowest BCUT2D eigenvalue weighted by Crippen LogP contribution is -2.08. The maximum Gasteiger partial charge on any atom is 0.296 e. The average Bonchev–Trinajstić information content (AvgIpc) is 2.70. The molecular weight excluding hydrogens is 424 g/mol. The molecule has 8 heteroatoms. The highest BCUT2D eigenvalue weighted by atomic mass is 32.2. The zero-order valence-corrected chi connectivity index (χ0v) is 19.2. The van der Waals surface area contributed by atoms with Crippen LogP contribution in [0.1, 0.15) is 49.7 Å². The summed E-state index contributed by atoms with van der Waals surface area (Å²) in [7, 11) is -7.39. The molecule has 2 aromatic rings. The first-order valence-corrected chi connectivity index (χ1v) is 12.9. The van der Waals surface area contributed by atoms with Gasteiger partial charge in [0.25, 0.3) is 20.2 Å². The van der Waals surface area contributed by atoms with Crippen molar-refractivity contribution >= 4 is 20.2 Å². The summed E-state index contributed by atoms with van der Waals surface area (Å²) in [5, 5.41) is 0. The quantitative estimate of drug-likeness (QED) is 0.320. The Balaban J connectivity index is 1.54. The summed E-state index contributed by atoms with van der Waals surface area (Å²) in [6, 6.07) is 13.2. The summed E-state index contributed by atoms with van der Waals surface area (Å²) in [5.74, 6) is 0. The highest BCUT2D eigenvalue weighted by molar-refractivity contribution is 7.87. The van der Waals surface area contributed by atoms with Gasteiger partial charge in [-0.25, -0.2) is 0 Å². The minimum atomic E-state index is -3.69. The van der Waals surface area contributed by atoms with Crippen molar-refractivity contribution in [2.24, 2.45) is 0 Å². The Morgan fingerprint density at radius 2 is 0.833 bits per heavy atom. The monoisotopic (exact) mass is 454 g/mol. The van der Waals surface area contributed by atoms with E-state index in [1.165, 1.54) is 0 Å². The van der Waals surface area contributed by atoms with Gasteiger partial charge in [-0.1, -0.05) is 61.1 Å². The second kappa shape index (κ2) is 11.6. The Bertz CT molecular complexity index is 895. The van der Waals surface area contributed by atoms with Gasteiger partial charge in [0.05, 0.1) is 23.0 Å². The van der Waals surface area contributed by atoms with E-state index in [0.29, 0.717) is 12.8 Å². The molecule has 30 heavy (non-hydrogen) atoms. The Morgan fingerprint density at radius 1 is 0.533 bits per heavy atom. The molecule has 6 nitrogen and oxygen atoms in total. The second-order valence-corrected chi connectivity index (χ2v) is 10.5. The molecule has 0 radical (unpaired) electrons. The van der Waals surface area contributed by atoms with Crippen molar-refractivity contribution in [1.29, 1.82) is 0 Å². The molecule has 0 amide bonds. The zero-order valence-electron chi connectivity index (χ0n) is 17.5. The van der Waals surface area contributed by atoms with Gasteiger partial charge >= 0.3 is 0 Å². The minimum absolute atomic E-state index is 0.161. The first-order valence-electron chi connectivity index (χ1n) is 10.1. The largest absolute Gasteiger partial charge is 0.296 e. The number of hydrogen-bond donors (Lipinski definition) is 0. The number of hydrogen-bond acceptors (Lipinski definition) is 6. The highest BCUT2D eigenvalue weighted by Gasteiger charge is 2.15. The third-order valence-corrected chi connectivity index (χ3v) is 7.29. The van der Waals surface area contributed by atoms with Gasteiger partial charge in [0.1, 0.15) is 0 Å². The Labute approximate surface area is 180 Å². The fourth-order valence-electron chi connectivity index (χ4n) is 2.79. The molecule has 0 fully saturated rings. The molecule has 0 spiro atoms. The van der Waals surface area contributed by atoms with Crippen molar-refractivity contribution in [2.75, 3.05) is 13.2 Å². The van der Waals surface area contributed by atoms with Crippen molar-refractivity contribution in [1.82, 2.24) is 0 Å². The van der Waals surface area contributed by atoms with E-state index in [2.05, 4.69) is 0 Å². The normalized spacial score (nSPS) is 12.2.